The molecule has 0 fully saturated rings. The number of hydrogen-bond acceptors (Lipinski definition) is 0. The normalized spacial score (nSPS) is 9.18. The molecule has 22 heavy (non-hydrogen) atoms. The third-order valence-electron chi connectivity index (χ3n) is 3.28. The second-order valence-electron chi connectivity index (χ2n) is 5.18. The Labute approximate surface area is 134 Å². The first-order valence-corrected chi connectivity index (χ1v) is 7.25. The fraction of sp³-hybridized carbons (Fsp3) is 0.0909. The first kappa shape index (κ1) is 17.5. The van der Waals surface area contributed by atoms with Gasteiger partial charge in [-0.25, -0.2) is 0 Å². The number of hydrogen-bond donors (Lipinski definition) is 0. The molecule has 0 aliphatic rings. The van der Waals surface area contributed by atoms with Gasteiger partial charge >= 0.3 is 0 Å². The van der Waals surface area contributed by atoms with E-state index in [0.717, 1.165) is 22.3 Å². The molecule has 0 saturated heterocycles. The highest BCUT2D eigenvalue weighted by atomic mass is 14.0. The van der Waals surface area contributed by atoms with Gasteiger partial charge in [0, 0.05) is 0 Å². The zero-order valence-electron chi connectivity index (χ0n) is 13.6. The SMILES string of the molecule is C=C(C)c1cccc(C(=C)C)c1.C=Cc1ccccc1C=C. The van der Waals surface area contributed by atoms with Crippen LogP contribution in [0.4, 0.5) is 0 Å². The lowest BCUT2D eigenvalue weighted by molar-refractivity contribution is 1.52. The zero-order chi connectivity index (χ0) is 16.5. The van der Waals surface area contributed by atoms with E-state index in [1.807, 2.05) is 56.3 Å². The molecule has 0 radical (unpaired) electrons. The van der Waals surface area contributed by atoms with Crippen molar-refractivity contribution in [3.63, 3.8) is 0 Å². The molecular formula is C22H24. The van der Waals surface area contributed by atoms with Crippen LogP contribution < -0.4 is 0 Å². The molecule has 2 aromatic carbocycles. The first-order valence-electron chi connectivity index (χ1n) is 7.25. The molecule has 112 valence electrons. The van der Waals surface area contributed by atoms with Crippen LogP contribution in [0.25, 0.3) is 23.3 Å². The third kappa shape index (κ3) is 5.06. The minimum absolute atomic E-state index is 1.10. The Morgan fingerprint density at radius 3 is 1.45 bits per heavy atom. The molecule has 0 heterocycles. The maximum Gasteiger partial charge on any atom is -0.0190 e. The van der Waals surface area contributed by atoms with E-state index in [2.05, 4.69) is 44.5 Å². The van der Waals surface area contributed by atoms with Gasteiger partial charge in [0.2, 0.25) is 0 Å². The topological polar surface area (TPSA) is 0 Å². The lowest BCUT2D eigenvalue weighted by atomic mass is 10.0. The predicted octanol–water partition coefficient (Wildman–Crippen LogP) is 6.73. The maximum absolute atomic E-state index is 3.90. The summed E-state index contributed by atoms with van der Waals surface area (Å²) >= 11 is 0. The average molecular weight is 288 g/mol. The standard InChI is InChI=1S/C12H14.C10H10/c1-9(2)11-6-5-7-12(8-11)10(3)4;1-3-9-7-5-6-8-10(9)4-2/h5-8H,1,3H2,2,4H3;3-8H,1-2H2. The molecule has 0 saturated carbocycles. The smallest absolute Gasteiger partial charge is 0.0190 e. The lowest BCUT2D eigenvalue weighted by Gasteiger charge is -2.03. The van der Waals surface area contributed by atoms with Gasteiger partial charge in [-0.3, -0.25) is 0 Å². The summed E-state index contributed by atoms with van der Waals surface area (Å²) in [6.07, 6.45) is 3.66. The molecule has 2 aromatic rings. The van der Waals surface area contributed by atoms with Crippen LogP contribution in [0.1, 0.15) is 36.1 Å². The van der Waals surface area contributed by atoms with Crippen molar-refractivity contribution in [2.24, 2.45) is 0 Å². The van der Waals surface area contributed by atoms with Crippen molar-refractivity contribution in [3.8, 4) is 0 Å². The van der Waals surface area contributed by atoms with Crippen LogP contribution in [0.2, 0.25) is 0 Å². The van der Waals surface area contributed by atoms with Crippen molar-refractivity contribution in [1.29, 1.82) is 0 Å². The molecular weight excluding hydrogens is 264 g/mol. The van der Waals surface area contributed by atoms with Gasteiger partial charge in [0.1, 0.15) is 0 Å². The Morgan fingerprint density at radius 1 is 0.727 bits per heavy atom. The quantitative estimate of drug-likeness (QED) is 0.585. The van der Waals surface area contributed by atoms with E-state index in [9.17, 15) is 0 Å². The van der Waals surface area contributed by atoms with Crippen molar-refractivity contribution in [1.82, 2.24) is 0 Å². The summed E-state index contributed by atoms with van der Waals surface area (Å²) in [7, 11) is 0. The van der Waals surface area contributed by atoms with Crippen molar-refractivity contribution >= 4 is 23.3 Å². The van der Waals surface area contributed by atoms with Gasteiger partial charge in [0.05, 0.1) is 0 Å². The number of benzene rings is 2. The molecule has 0 aliphatic heterocycles. The van der Waals surface area contributed by atoms with Gasteiger partial charge in [-0.1, -0.05) is 92.1 Å². The maximum atomic E-state index is 3.90. The van der Waals surface area contributed by atoms with E-state index in [1.165, 1.54) is 11.1 Å². The van der Waals surface area contributed by atoms with E-state index in [4.69, 9.17) is 0 Å². The van der Waals surface area contributed by atoms with Crippen LogP contribution in [0.5, 0.6) is 0 Å². The Morgan fingerprint density at radius 2 is 1.14 bits per heavy atom. The monoisotopic (exact) mass is 288 g/mol. The van der Waals surface area contributed by atoms with Crippen LogP contribution in [0.3, 0.4) is 0 Å². The van der Waals surface area contributed by atoms with E-state index in [-0.39, 0.29) is 0 Å². The Balaban J connectivity index is 0.000000224. The van der Waals surface area contributed by atoms with Crippen molar-refractivity contribution in [2.45, 2.75) is 13.8 Å². The molecule has 2 rings (SSSR count). The summed E-state index contributed by atoms with van der Waals surface area (Å²) in [5.41, 5.74) is 6.84. The molecule has 0 amide bonds. The van der Waals surface area contributed by atoms with Crippen LogP contribution >= 0.6 is 0 Å². The molecule has 0 spiro atoms. The fourth-order valence-corrected chi connectivity index (χ4v) is 1.93. The average Bonchev–Trinajstić information content (AvgIpc) is 2.55. The summed E-state index contributed by atoms with van der Waals surface area (Å²) in [6, 6.07) is 16.3. The van der Waals surface area contributed by atoms with Gasteiger partial charge in [-0.2, -0.15) is 0 Å². The van der Waals surface area contributed by atoms with Gasteiger partial charge < -0.3 is 0 Å². The predicted molar refractivity (Wildman–Crippen MR) is 102 cm³/mol. The highest BCUT2D eigenvalue weighted by molar-refractivity contribution is 5.68. The molecule has 0 aromatic heterocycles. The van der Waals surface area contributed by atoms with E-state index in [1.54, 1.807) is 0 Å². The van der Waals surface area contributed by atoms with Crippen LogP contribution in [0.15, 0.2) is 74.8 Å². The highest BCUT2D eigenvalue weighted by Crippen LogP contribution is 2.17. The van der Waals surface area contributed by atoms with Gasteiger partial charge in [-0.05, 0) is 42.2 Å². The third-order valence-corrected chi connectivity index (χ3v) is 3.28. The van der Waals surface area contributed by atoms with Gasteiger partial charge in [0.15, 0.2) is 0 Å². The summed E-state index contributed by atoms with van der Waals surface area (Å²) in [5.74, 6) is 0. The molecule has 0 nitrogen and oxygen atoms in total. The minimum atomic E-state index is 1.10. The summed E-state index contributed by atoms with van der Waals surface area (Å²) in [6.45, 7) is 19.2. The second kappa shape index (κ2) is 8.63. The zero-order valence-corrected chi connectivity index (χ0v) is 13.6. The summed E-state index contributed by atoms with van der Waals surface area (Å²) in [4.78, 5) is 0. The van der Waals surface area contributed by atoms with Crippen LogP contribution in [0, 0.1) is 0 Å². The summed E-state index contributed by atoms with van der Waals surface area (Å²) in [5, 5.41) is 0. The van der Waals surface area contributed by atoms with Gasteiger partial charge in [0.25, 0.3) is 0 Å². The van der Waals surface area contributed by atoms with E-state index < -0.39 is 0 Å². The van der Waals surface area contributed by atoms with Crippen molar-refractivity contribution < 1.29 is 0 Å². The Bertz CT molecular complexity index is 630. The van der Waals surface area contributed by atoms with Crippen LogP contribution in [-0.2, 0) is 0 Å². The molecule has 0 heteroatoms. The number of rotatable bonds is 4. The molecule has 0 aliphatic carbocycles. The molecule has 0 atom stereocenters. The van der Waals surface area contributed by atoms with Gasteiger partial charge in [-0.15, -0.1) is 0 Å². The minimum Gasteiger partial charge on any atom is -0.0984 e. The Kier molecular flexibility index (Phi) is 6.85. The summed E-state index contributed by atoms with van der Waals surface area (Å²) < 4.78 is 0. The highest BCUT2D eigenvalue weighted by Gasteiger charge is 1.95. The molecule has 0 bridgehead atoms. The number of allylic oxidation sites excluding steroid dienone is 2. The lowest BCUT2D eigenvalue weighted by Crippen LogP contribution is -1.81. The fourth-order valence-electron chi connectivity index (χ4n) is 1.93. The van der Waals surface area contributed by atoms with E-state index in [0.29, 0.717) is 0 Å². The molecule has 0 N–H and O–H groups in total. The van der Waals surface area contributed by atoms with E-state index >= 15 is 0 Å². The van der Waals surface area contributed by atoms with Crippen LogP contribution in [-0.4, -0.2) is 0 Å². The van der Waals surface area contributed by atoms with Crippen molar-refractivity contribution in [2.75, 3.05) is 0 Å². The molecule has 0 unspecified atom stereocenters. The Hall–Kier alpha value is -2.60. The van der Waals surface area contributed by atoms with Crippen molar-refractivity contribution in [3.05, 3.63) is 97.1 Å². The second-order valence-corrected chi connectivity index (χ2v) is 5.18. The first-order chi connectivity index (χ1) is 10.5. The largest absolute Gasteiger partial charge is 0.0984 e.